The summed E-state index contributed by atoms with van der Waals surface area (Å²) in [4.78, 5) is 25.3. The fourth-order valence-corrected chi connectivity index (χ4v) is 5.64. The zero-order chi connectivity index (χ0) is 25.6. The van der Waals surface area contributed by atoms with Gasteiger partial charge in [0.2, 0.25) is 0 Å². The molecule has 2 N–H and O–H groups in total. The topological polar surface area (TPSA) is 103 Å². The highest BCUT2D eigenvalue weighted by Crippen LogP contribution is 2.51. The molecule has 186 valence electrons. The van der Waals surface area contributed by atoms with Gasteiger partial charge >= 0.3 is 0 Å². The molecule has 1 spiro atoms. The van der Waals surface area contributed by atoms with Crippen molar-refractivity contribution < 1.29 is 23.6 Å². The van der Waals surface area contributed by atoms with E-state index in [0.717, 1.165) is 5.56 Å². The zero-order valence-corrected chi connectivity index (χ0v) is 20.2. The summed E-state index contributed by atoms with van der Waals surface area (Å²) in [6.45, 7) is 1.93. The molecule has 1 saturated heterocycles. The molecule has 0 bridgehead atoms. The summed E-state index contributed by atoms with van der Waals surface area (Å²) in [7, 11) is 1.45. The van der Waals surface area contributed by atoms with E-state index in [0.29, 0.717) is 22.6 Å². The third-order valence-corrected chi connectivity index (χ3v) is 7.18. The number of para-hydroxylation sites is 1. The van der Waals surface area contributed by atoms with Gasteiger partial charge in [0.25, 0.3) is 11.9 Å². The molecule has 0 aliphatic carbocycles. The molecule has 2 aliphatic rings. The lowest BCUT2D eigenvalue weighted by molar-refractivity contribution is -0.532. The molecule has 0 aromatic heterocycles. The fraction of sp³-hybridized carbons (Fsp3) is 0.269. The number of nitrogens with one attached hydrogen (secondary N) is 2. The van der Waals surface area contributed by atoms with Crippen LogP contribution in [0.3, 0.4) is 0 Å². The zero-order valence-electron chi connectivity index (χ0n) is 19.5. The minimum atomic E-state index is -1.53. The molecule has 2 aliphatic heterocycles. The summed E-state index contributed by atoms with van der Waals surface area (Å²) >= 11 is 6.58. The minimum absolute atomic E-state index is 0.120. The van der Waals surface area contributed by atoms with Crippen LogP contribution in [0, 0.1) is 15.9 Å². The van der Waals surface area contributed by atoms with E-state index in [-0.39, 0.29) is 23.2 Å². The molecule has 0 radical (unpaired) electrons. The Kier molecular flexibility index (Phi) is 6.05. The first kappa shape index (κ1) is 24.0. The molecule has 3 aromatic carbocycles. The van der Waals surface area contributed by atoms with Crippen LogP contribution in [0.4, 0.5) is 10.1 Å². The van der Waals surface area contributed by atoms with E-state index in [9.17, 15) is 19.3 Å². The predicted molar refractivity (Wildman–Crippen MR) is 132 cm³/mol. The van der Waals surface area contributed by atoms with Crippen LogP contribution in [0.1, 0.15) is 29.5 Å². The van der Waals surface area contributed by atoms with Crippen molar-refractivity contribution >= 4 is 23.2 Å². The molecule has 0 saturated carbocycles. The average molecular weight is 512 g/mol. The van der Waals surface area contributed by atoms with Crippen molar-refractivity contribution in [3.8, 4) is 11.5 Å². The molecule has 4 atom stereocenters. The van der Waals surface area contributed by atoms with Crippen LogP contribution in [-0.4, -0.2) is 30.0 Å². The molecular weight excluding hydrogens is 489 g/mol. The number of carbonyl (C=O) groups is 1. The summed E-state index contributed by atoms with van der Waals surface area (Å²) in [5.41, 5.74) is 0.843. The lowest BCUT2D eigenvalue weighted by Gasteiger charge is -2.25. The Morgan fingerprint density at radius 1 is 1.17 bits per heavy atom. The third kappa shape index (κ3) is 3.75. The molecule has 36 heavy (non-hydrogen) atoms. The Morgan fingerprint density at radius 2 is 1.89 bits per heavy atom. The van der Waals surface area contributed by atoms with Gasteiger partial charge in [-0.3, -0.25) is 20.2 Å². The monoisotopic (exact) mass is 511 g/mol. The van der Waals surface area contributed by atoms with Gasteiger partial charge in [0, 0.05) is 22.2 Å². The number of halogens is 2. The van der Waals surface area contributed by atoms with Crippen LogP contribution in [0.5, 0.6) is 11.5 Å². The highest BCUT2D eigenvalue weighted by Gasteiger charge is 2.67. The van der Waals surface area contributed by atoms with Crippen molar-refractivity contribution in [2.45, 2.75) is 37.1 Å². The van der Waals surface area contributed by atoms with E-state index < -0.39 is 34.4 Å². The summed E-state index contributed by atoms with van der Waals surface area (Å²) in [5.74, 6) is -0.950. The molecule has 1 amide bonds. The second kappa shape index (κ2) is 9.07. The quantitative estimate of drug-likeness (QED) is 0.369. The maximum Gasteiger partial charge on any atom is 0.256 e. The second-order valence-corrected chi connectivity index (χ2v) is 9.35. The number of fused-ring (bicyclic) bond motifs is 2. The van der Waals surface area contributed by atoms with Crippen LogP contribution in [0.15, 0.2) is 60.7 Å². The summed E-state index contributed by atoms with van der Waals surface area (Å²) in [6, 6.07) is 14.4. The first-order chi connectivity index (χ1) is 17.3. The Balaban J connectivity index is 1.53. The van der Waals surface area contributed by atoms with Crippen LogP contribution < -0.4 is 20.1 Å². The van der Waals surface area contributed by atoms with Gasteiger partial charge in [0.05, 0.1) is 18.1 Å². The number of carbonyl (C=O) groups excluding carboxylic acids is 1. The van der Waals surface area contributed by atoms with Gasteiger partial charge in [-0.2, -0.15) is 0 Å². The Hall–Kier alpha value is -3.69. The smallest absolute Gasteiger partial charge is 0.256 e. The lowest BCUT2D eigenvalue weighted by atomic mass is 9.78. The average Bonchev–Trinajstić information content (AvgIpc) is 3.32. The molecule has 5 rings (SSSR count). The van der Waals surface area contributed by atoms with Crippen molar-refractivity contribution in [2.75, 3.05) is 12.4 Å². The van der Waals surface area contributed by atoms with E-state index in [2.05, 4.69) is 10.6 Å². The SMILES string of the molecule is COc1cc([C@@H]2[C@H](C)N[C@]3(C(=O)Nc4ccccc43)[C@H]2[N+](=O)[O-])cc(Cl)c1OCc1ccc(F)cc1. The van der Waals surface area contributed by atoms with Gasteiger partial charge < -0.3 is 14.8 Å². The Labute approximate surface area is 211 Å². The molecule has 10 heteroatoms. The van der Waals surface area contributed by atoms with Crippen LogP contribution in [0.2, 0.25) is 5.02 Å². The molecule has 0 unspecified atom stereocenters. The number of methoxy groups -OCH3 is 1. The number of nitrogens with zero attached hydrogens (tertiary/aromatic N) is 1. The molecular formula is C26H23ClFN3O5. The van der Waals surface area contributed by atoms with Crippen LogP contribution >= 0.6 is 11.6 Å². The standard InChI is InChI=1S/C26H23ClFN3O5/c1-14-22(24(31(33)34)26(30-14)18-5-3-4-6-20(18)29-25(26)32)16-11-19(27)23(21(12-16)35-2)36-13-15-7-9-17(28)10-8-15/h3-12,14,22,24,30H,13H2,1-2H3,(H,29,32)/t14-,22-,24-,26-/m0/s1. The summed E-state index contributed by atoms with van der Waals surface area (Å²) in [6.07, 6.45) is 0. The van der Waals surface area contributed by atoms with Crippen molar-refractivity contribution in [3.05, 3.63) is 98.3 Å². The Morgan fingerprint density at radius 3 is 2.58 bits per heavy atom. The Bertz CT molecular complexity index is 1350. The van der Waals surface area contributed by atoms with E-state index in [1.807, 2.05) is 6.92 Å². The highest BCUT2D eigenvalue weighted by atomic mass is 35.5. The van der Waals surface area contributed by atoms with Gasteiger partial charge in [-0.15, -0.1) is 0 Å². The van der Waals surface area contributed by atoms with Crippen molar-refractivity contribution in [1.29, 1.82) is 0 Å². The summed E-state index contributed by atoms with van der Waals surface area (Å²) in [5, 5.41) is 18.7. The van der Waals surface area contributed by atoms with Gasteiger partial charge in [-0.1, -0.05) is 41.9 Å². The van der Waals surface area contributed by atoms with E-state index in [1.54, 1.807) is 48.5 Å². The van der Waals surface area contributed by atoms with E-state index in [1.165, 1.54) is 19.2 Å². The van der Waals surface area contributed by atoms with Gasteiger partial charge in [0.15, 0.2) is 17.0 Å². The number of nitro groups is 1. The normalized spacial score (nSPS) is 24.4. The maximum atomic E-state index is 13.2. The number of hydrogen-bond donors (Lipinski definition) is 2. The number of rotatable bonds is 6. The van der Waals surface area contributed by atoms with E-state index in [4.69, 9.17) is 21.1 Å². The molecule has 1 fully saturated rings. The molecule has 8 nitrogen and oxygen atoms in total. The minimum Gasteiger partial charge on any atom is -0.493 e. The first-order valence-corrected chi connectivity index (χ1v) is 11.7. The van der Waals surface area contributed by atoms with Gasteiger partial charge in [0.1, 0.15) is 12.4 Å². The predicted octanol–water partition coefficient (Wildman–Crippen LogP) is 4.63. The largest absolute Gasteiger partial charge is 0.493 e. The third-order valence-electron chi connectivity index (χ3n) is 6.90. The van der Waals surface area contributed by atoms with E-state index >= 15 is 0 Å². The number of anilines is 1. The van der Waals surface area contributed by atoms with Crippen molar-refractivity contribution in [3.63, 3.8) is 0 Å². The first-order valence-electron chi connectivity index (χ1n) is 11.3. The molecule has 2 heterocycles. The number of amides is 1. The van der Waals surface area contributed by atoms with Crippen LogP contribution in [0.25, 0.3) is 0 Å². The number of benzene rings is 3. The second-order valence-electron chi connectivity index (χ2n) is 8.95. The van der Waals surface area contributed by atoms with Gasteiger partial charge in [-0.05, 0) is 48.4 Å². The summed E-state index contributed by atoms with van der Waals surface area (Å²) < 4.78 is 24.6. The molecule has 3 aromatic rings. The highest BCUT2D eigenvalue weighted by molar-refractivity contribution is 6.32. The number of ether oxygens (including phenoxy) is 2. The number of hydrogen-bond acceptors (Lipinski definition) is 6. The lowest BCUT2D eigenvalue weighted by Crippen LogP contribution is -2.54. The van der Waals surface area contributed by atoms with Crippen molar-refractivity contribution in [1.82, 2.24) is 5.32 Å². The maximum absolute atomic E-state index is 13.2. The van der Waals surface area contributed by atoms with Crippen molar-refractivity contribution in [2.24, 2.45) is 0 Å². The van der Waals surface area contributed by atoms with Crippen LogP contribution in [-0.2, 0) is 16.9 Å². The fourth-order valence-electron chi connectivity index (χ4n) is 5.36. The van der Waals surface area contributed by atoms with Gasteiger partial charge in [-0.25, -0.2) is 4.39 Å².